The maximum absolute atomic E-state index is 12.1. The van der Waals surface area contributed by atoms with Crippen molar-refractivity contribution in [3.63, 3.8) is 0 Å². The van der Waals surface area contributed by atoms with Gasteiger partial charge in [-0.25, -0.2) is 0 Å². The third-order valence-corrected chi connectivity index (χ3v) is 4.03. The number of halogens is 2. The first-order chi connectivity index (χ1) is 11.1. The number of ketones is 1. The SMILES string of the molecule is O=C(C=Cc1ccc(-c2cccc(Cl)c2)o1)c1ccc(Br)cc1. The van der Waals surface area contributed by atoms with Crippen molar-refractivity contribution in [3.8, 4) is 11.3 Å². The highest BCUT2D eigenvalue weighted by Gasteiger charge is 2.05. The molecule has 2 aromatic carbocycles. The molecule has 0 saturated carbocycles. The molecule has 0 fully saturated rings. The van der Waals surface area contributed by atoms with Crippen molar-refractivity contribution in [3.05, 3.63) is 87.6 Å². The summed E-state index contributed by atoms with van der Waals surface area (Å²) in [7, 11) is 0. The Labute approximate surface area is 147 Å². The molecule has 1 aromatic heterocycles. The van der Waals surface area contributed by atoms with E-state index in [1.807, 2.05) is 48.5 Å². The second kappa shape index (κ2) is 6.99. The maximum atomic E-state index is 12.1. The molecule has 23 heavy (non-hydrogen) atoms. The average Bonchev–Trinajstić information content (AvgIpc) is 3.02. The quantitative estimate of drug-likeness (QED) is 0.391. The van der Waals surface area contributed by atoms with Crippen molar-refractivity contribution in [2.24, 2.45) is 0 Å². The van der Waals surface area contributed by atoms with E-state index in [-0.39, 0.29) is 5.78 Å². The fourth-order valence-electron chi connectivity index (χ4n) is 2.11. The van der Waals surface area contributed by atoms with E-state index in [9.17, 15) is 4.79 Å². The average molecular weight is 388 g/mol. The van der Waals surface area contributed by atoms with Crippen molar-refractivity contribution in [2.45, 2.75) is 0 Å². The summed E-state index contributed by atoms with van der Waals surface area (Å²) >= 11 is 9.33. The summed E-state index contributed by atoms with van der Waals surface area (Å²) < 4.78 is 6.66. The molecule has 0 saturated heterocycles. The predicted octanol–water partition coefficient (Wildman–Crippen LogP) is 6.26. The zero-order chi connectivity index (χ0) is 16.2. The lowest BCUT2D eigenvalue weighted by Gasteiger charge is -1.97. The molecule has 0 aliphatic carbocycles. The van der Waals surface area contributed by atoms with Crippen LogP contribution in [0.1, 0.15) is 16.1 Å². The Kier molecular flexibility index (Phi) is 4.79. The Bertz CT molecular complexity index is 863. The highest BCUT2D eigenvalue weighted by atomic mass is 79.9. The number of rotatable bonds is 4. The van der Waals surface area contributed by atoms with Crippen LogP contribution in [0.2, 0.25) is 5.02 Å². The van der Waals surface area contributed by atoms with Crippen LogP contribution in [-0.4, -0.2) is 5.78 Å². The Balaban J connectivity index is 1.76. The molecule has 3 rings (SSSR count). The molecule has 0 radical (unpaired) electrons. The van der Waals surface area contributed by atoms with Crippen molar-refractivity contribution < 1.29 is 9.21 Å². The number of furan rings is 1. The number of benzene rings is 2. The van der Waals surface area contributed by atoms with E-state index in [1.165, 1.54) is 6.08 Å². The van der Waals surface area contributed by atoms with Crippen LogP contribution in [0.25, 0.3) is 17.4 Å². The lowest BCUT2D eigenvalue weighted by atomic mass is 10.1. The molecular formula is C19H12BrClO2. The lowest BCUT2D eigenvalue weighted by molar-refractivity contribution is 0.104. The van der Waals surface area contributed by atoms with Gasteiger partial charge in [-0.2, -0.15) is 0 Å². The number of carbonyl (C=O) groups is 1. The molecule has 2 nitrogen and oxygen atoms in total. The van der Waals surface area contributed by atoms with Crippen molar-refractivity contribution in [1.29, 1.82) is 0 Å². The fourth-order valence-corrected chi connectivity index (χ4v) is 2.56. The Morgan fingerprint density at radius 3 is 2.57 bits per heavy atom. The van der Waals surface area contributed by atoms with Gasteiger partial charge < -0.3 is 4.42 Å². The predicted molar refractivity (Wildman–Crippen MR) is 96.7 cm³/mol. The third kappa shape index (κ3) is 4.01. The maximum Gasteiger partial charge on any atom is 0.185 e. The lowest BCUT2D eigenvalue weighted by Crippen LogP contribution is -1.92. The molecule has 0 bridgehead atoms. The van der Waals surface area contributed by atoms with Crippen LogP contribution in [-0.2, 0) is 0 Å². The standard InChI is InChI=1S/C19H12BrClO2/c20-15-6-4-13(5-7-15)18(22)10-8-17-9-11-19(23-17)14-2-1-3-16(21)12-14/h1-12H. The first-order valence-corrected chi connectivity index (χ1v) is 8.13. The monoisotopic (exact) mass is 386 g/mol. The molecule has 0 unspecified atom stereocenters. The summed E-state index contributed by atoms with van der Waals surface area (Å²) in [6.45, 7) is 0. The van der Waals surface area contributed by atoms with Gasteiger partial charge in [-0.15, -0.1) is 0 Å². The number of hydrogen-bond donors (Lipinski definition) is 0. The molecule has 3 aromatic rings. The van der Waals surface area contributed by atoms with E-state index in [2.05, 4.69) is 15.9 Å². The van der Waals surface area contributed by atoms with E-state index in [0.29, 0.717) is 22.1 Å². The second-order valence-corrected chi connectivity index (χ2v) is 6.27. The minimum atomic E-state index is -0.0711. The van der Waals surface area contributed by atoms with Crippen LogP contribution in [0, 0.1) is 0 Å². The number of hydrogen-bond acceptors (Lipinski definition) is 2. The zero-order valence-corrected chi connectivity index (χ0v) is 14.3. The third-order valence-electron chi connectivity index (χ3n) is 3.26. The highest BCUT2D eigenvalue weighted by molar-refractivity contribution is 9.10. The first kappa shape index (κ1) is 15.8. The van der Waals surface area contributed by atoms with Crippen LogP contribution in [0.5, 0.6) is 0 Å². The first-order valence-electron chi connectivity index (χ1n) is 6.95. The molecule has 0 atom stereocenters. The summed E-state index contributed by atoms with van der Waals surface area (Å²) in [6, 6.07) is 18.3. The van der Waals surface area contributed by atoms with Gasteiger partial charge in [0.25, 0.3) is 0 Å². The van der Waals surface area contributed by atoms with Crippen LogP contribution in [0.4, 0.5) is 0 Å². The van der Waals surface area contributed by atoms with E-state index in [4.69, 9.17) is 16.0 Å². The highest BCUT2D eigenvalue weighted by Crippen LogP contribution is 2.25. The smallest absolute Gasteiger partial charge is 0.185 e. The van der Waals surface area contributed by atoms with E-state index in [1.54, 1.807) is 18.2 Å². The van der Waals surface area contributed by atoms with Gasteiger partial charge in [-0.05, 0) is 60.7 Å². The Morgan fingerprint density at radius 1 is 1.04 bits per heavy atom. The van der Waals surface area contributed by atoms with E-state index in [0.717, 1.165) is 10.0 Å². The van der Waals surface area contributed by atoms with Gasteiger partial charge in [0.1, 0.15) is 11.5 Å². The summed E-state index contributed by atoms with van der Waals surface area (Å²) in [6.07, 6.45) is 3.17. The molecule has 0 spiro atoms. The molecule has 0 aliphatic rings. The number of carbonyl (C=O) groups excluding carboxylic acids is 1. The number of allylic oxidation sites excluding steroid dienone is 1. The Morgan fingerprint density at radius 2 is 1.83 bits per heavy atom. The summed E-state index contributed by atoms with van der Waals surface area (Å²) in [4.78, 5) is 12.1. The van der Waals surface area contributed by atoms with Crippen LogP contribution < -0.4 is 0 Å². The van der Waals surface area contributed by atoms with Crippen LogP contribution in [0.3, 0.4) is 0 Å². The van der Waals surface area contributed by atoms with E-state index >= 15 is 0 Å². The van der Waals surface area contributed by atoms with Gasteiger partial charge in [-0.3, -0.25) is 4.79 Å². The van der Waals surface area contributed by atoms with Gasteiger partial charge in [0.05, 0.1) is 0 Å². The molecule has 1 heterocycles. The topological polar surface area (TPSA) is 30.2 Å². The van der Waals surface area contributed by atoms with Crippen LogP contribution in [0.15, 0.2) is 75.6 Å². The molecule has 0 N–H and O–H groups in total. The molecule has 0 amide bonds. The summed E-state index contributed by atoms with van der Waals surface area (Å²) in [5.74, 6) is 1.26. The van der Waals surface area contributed by atoms with Crippen molar-refractivity contribution in [1.82, 2.24) is 0 Å². The largest absolute Gasteiger partial charge is 0.457 e. The molecule has 114 valence electrons. The zero-order valence-electron chi connectivity index (χ0n) is 12.0. The minimum absolute atomic E-state index is 0.0711. The fraction of sp³-hybridized carbons (Fsp3) is 0. The van der Waals surface area contributed by atoms with Gasteiger partial charge in [0, 0.05) is 20.6 Å². The molecule has 0 aliphatic heterocycles. The van der Waals surface area contributed by atoms with Crippen LogP contribution >= 0.6 is 27.5 Å². The normalized spacial score (nSPS) is 11.0. The van der Waals surface area contributed by atoms with Gasteiger partial charge in [-0.1, -0.05) is 39.7 Å². The van der Waals surface area contributed by atoms with E-state index < -0.39 is 0 Å². The van der Waals surface area contributed by atoms with Gasteiger partial charge in [0.15, 0.2) is 5.78 Å². The summed E-state index contributed by atoms with van der Waals surface area (Å²) in [5, 5.41) is 0.654. The molecular weight excluding hydrogens is 376 g/mol. The Hall–Kier alpha value is -2.10. The second-order valence-electron chi connectivity index (χ2n) is 4.92. The van der Waals surface area contributed by atoms with Crippen molar-refractivity contribution >= 4 is 39.4 Å². The van der Waals surface area contributed by atoms with Gasteiger partial charge >= 0.3 is 0 Å². The molecule has 4 heteroatoms. The van der Waals surface area contributed by atoms with Gasteiger partial charge in [0.2, 0.25) is 0 Å². The minimum Gasteiger partial charge on any atom is -0.457 e. The van der Waals surface area contributed by atoms with Crippen molar-refractivity contribution in [2.75, 3.05) is 0 Å². The summed E-state index contributed by atoms with van der Waals surface area (Å²) in [5.41, 5.74) is 1.53.